The molecule has 1 aromatic carbocycles. The second-order valence-electron chi connectivity index (χ2n) is 5.88. The van der Waals surface area contributed by atoms with Crippen LogP contribution in [0.4, 0.5) is 0 Å². The van der Waals surface area contributed by atoms with Crippen molar-refractivity contribution in [3.63, 3.8) is 0 Å². The minimum absolute atomic E-state index is 0. The van der Waals surface area contributed by atoms with Crippen LogP contribution in [0.2, 0.25) is 0 Å². The number of amides is 1. The maximum absolute atomic E-state index is 12.1. The summed E-state index contributed by atoms with van der Waals surface area (Å²) in [6.45, 7) is 5.01. The molecule has 0 fully saturated rings. The van der Waals surface area contributed by atoms with Crippen molar-refractivity contribution in [2.75, 3.05) is 20.6 Å². The number of benzene rings is 1. The lowest BCUT2D eigenvalue weighted by Crippen LogP contribution is -2.43. The lowest BCUT2D eigenvalue weighted by molar-refractivity contribution is -0.122. The molecule has 0 saturated heterocycles. The zero-order valence-electron chi connectivity index (χ0n) is 13.8. The van der Waals surface area contributed by atoms with E-state index in [4.69, 9.17) is 5.73 Å². The monoisotopic (exact) mass is 349 g/mol. The number of hydrogen-bond acceptors (Lipinski definition) is 3. The fourth-order valence-electron chi connectivity index (χ4n) is 2.16. The molecule has 2 unspecified atom stereocenters. The van der Waals surface area contributed by atoms with Crippen molar-refractivity contribution in [2.24, 2.45) is 11.7 Å². The Morgan fingerprint density at radius 2 is 1.73 bits per heavy atom. The summed E-state index contributed by atoms with van der Waals surface area (Å²) in [6.07, 6.45) is 1.05. The minimum Gasteiger partial charge on any atom is -0.353 e. The van der Waals surface area contributed by atoms with Crippen LogP contribution in [0.1, 0.15) is 31.9 Å². The first-order chi connectivity index (χ1) is 9.41. The number of carbonyl (C=O) groups excluding carboxylic acids is 1. The summed E-state index contributed by atoms with van der Waals surface area (Å²) >= 11 is 0. The van der Waals surface area contributed by atoms with Gasteiger partial charge in [-0.2, -0.15) is 0 Å². The fraction of sp³-hybridized carbons (Fsp3) is 0.562. The minimum atomic E-state index is -0.599. The van der Waals surface area contributed by atoms with Crippen LogP contribution in [-0.2, 0) is 4.79 Å². The Kier molecular flexibility index (Phi) is 12.5. The molecule has 0 radical (unpaired) electrons. The van der Waals surface area contributed by atoms with Crippen molar-refractivity contribution in [1.29, 1.82) is 0 Å². The molecule has 0 heterocycles. The zero-order chi connectivity index (χ0) is 15.1. The highest BCUT2D eigenvalue weighted by Gasteiger charge is 2.18. The van der Waals surface area contributed by atoms with E-state index in [9.17, 15) is 4.79 Å². The van der Waals surface area contributed by atoms with Gasteiger partial charge in [-0.05, 0) is 32.0 Å². The van der Waals surface area contributed by atoms with Gasteiger partial charge in [0.25, 0.3) is 0 Å². The predicted molar refractivity (Wildman–Crippen MR) is 97.8 cm³/mol. The summed E-state index contributed by atoms with van der Waals surface area (Å²) in [7, 11) is 4.08. The third-order valence-electron chi connectivity index (χ3n) is 3.43. The van der Waals surface area contributed by atoms with E-state index in [0.717, 1.165) is 12.0 Å². The average molecular weight is 350 g/mol. The van der Waals surface area contributed by atoms with Crippen LogP contribution < -0.4 is 11.1 Å². The van der Waals surface area contributed by atoms with Gasteiger partial charge in [-0.25, -0.2) is 0 Å². The van der Waals surface area contributed by atoms with Crippen LogP contribution in [0.15, 0.2) is 30.3 Å². The molecule has 0 aromatic heterocycles. The molecular formula is C16H29Cl2N3O. The van der Waals surface area contributed by atoms with Gasteiger partial charge in [-0.1, -0.05) is 44.2 Å². The highest BCUT2D eigenvalue weighted by atomic mass is 35.5. The lowest BCUT2D eigenvalue weighted by atomic mass is 10.0. The number of hydrogen-bond donors (Lipinski definition) is 2. The molecule has 0 saturated carbocycles. The van der Waals surface area contributed by atoms with Crippen molar-refractivity contribution in [1.82, 2.24) is 10.2 Å². The number of carbonyl (C=O) groups is 1. The lowest BCUT2D eigenvalue weighted by Gasteiger charge is -2.26. The fourth-order valence-corrected chi connectivity index (χ4v) is 2.16. The number of rotatable bonds is 7. The van der Waals surface area contributed by atoms with Crippen LogP contribution in [-0.4, -0.2) is 37.5 Å². The highest BCUT2D eigenvalue weighted by Crippen LogP contribution is 2.11. The molecule has 0 spiro atoms. The molecule has 0 aliphatic carbocycles. The number of halogens is 2. The molecule has 3 N–H and O–H groups in total. The second-order valence-corrected chi connectivity index (χ2v) is 5.88. The van der Waals surface area contributed by atoms with Crippen LogP contribution in [0, 0.1) is 5.92 Å². The summed E-state index contributed by atoms with van der Waals surface area (Å²) in [5.41, 5.74) is 6.82. The quantitative estimate of drug-likeness (QED) is 0.795. The van der Waals surface area contributed by atoms with Crippen LogP contribution >= 0.6 is 24.8 Å². The van der Waals surface area contributed by atoms with E-state index >= 15 is 0 Å². The largest absolute Gasteiger partial charge is 0.353 e. The number of nitrogens with one attached hydrogen (secondary N) is 1. The number of likely N-dealkylation sites (N-methyl/N-ethyl adjacent to an activating group) is 1. The van der Waals surface area contributed by atoms with Gasteiger partial charge in [0.05, 0.1) is 0 Å². The van der Waals surface area contributed by atoms with E-state index in [2.05, 4.69) is 24.1 Å². The maximum atomic E-state index is 12.1. The summed E-state index contributed by atoms with van der Waals surface area (Å²) in [4.78, 5) is 14.2. The Hall–Kier alpha value is -0.810. The molecule has 0 aliphatic rings. The molecule has 4 nitrogen and oxygen atoms in total. The van der Waals surface area contributed by atoms with Crippen molar-refractivity contribution in [3.05, 3.63) is 35.9 Å². The molecule has 22 heavy (non-hydrogen) atoms. The molecule has 0 bridgehead atoms. The van der Waals surface area contributed by atoms with Gasteiger partial charge in [0.1, 0.15) is 6.04 Å². The van der Waals surface area contributed by atoms with Gasteiger partial charge in [-0.3, -0.25) is 4.79 Å². The molecule has 6 heteroatoms. The zero-order valence-corrected chi connectivity index (χ0v) is 15.4. The molecule has 128 valence electrons. The Balaban J connectivity index is 0. The SMILES string of the molecule is CC(C)CC(CNC(=O)C(N)c1ccccc1)N(C)C.Cl.Cl. The van der Waals surface area contributed by atoms with E-state index in [1.807, 2.05) is 44.4 Å². The number of nitrogens with two attached hydrogens (primary N) is 1. The van der Waals surface area contributed by atoms with E-state index in [-0.39, 0.29) is 30.7 Å². The predicted octanol–water partition coefficient (Wildman–Crippen LogP) is 2.62. The van der Waals surface area contributed by atoms with Crippen molar-refractivity contribution in [3.8, 4) is 0 Å². The van der Waals surface area contributed by atoms with E-state index in [0.29, 0.717) is 18.5 Å². The Morgan fingerprint density at radius 3 is 2.18 bits per heavy atom. The van der Waals surface area contributed by atoms with Crippen molar-refractivity contribution in [2.45, 2.75) is 32.4 Å². The highest BCUT2D eigenvalue weighted by molar-refractivity contribution is 5.85. The molecule has 1 amide bonds. The van der Waals surface area contributed by atoms with E-state index in [1.165, 1.54) is 0 Å². The van der Waals surface area contributed by atoms with Gasteiger partial charge < -0.3 is 16.0 Å². The van der Waals surface area contributed by atoms with E-state index in [1.54, 1.807) is 0 Å². The first kappa shape index (κ1) is 23.5. The van der Waals surface area contributed by atoms with Gasteiger partial charge in [0, 0.05) is 12.6 Å². The summed E-state index contributed by atoms with van der Waals surface area (Å²) < 4.78 is 0. The van der Waals surface area contributed by atoms with E-state index < -0.39 is 6.04 Å². The van der Waals surface area contributed by atoms with Crippen molar-refractivity contribution >= 4 is 30.7 Å². The summed E-state index contributed by atoms with van der Waals surface area (Å²) in [6, 6.07) is 9.19. The molecular weight excluding hydrogens is 321 g/mol. The average Bonchev–Trinajstić information content (AvgIpc) is 2.42. The Morgan fingerprint density at radius 1 is 1.18 bits per heavy atom. The van der Waals surface area contributed by atoms with Gasteiger partial charge in [0.2, 0.25) is 5.91 Å². The topological polar surface area (TPSA) is 58.4 Å². The smallest absolute Gasteiger partial charge is 0.241 e. The van der Waals surface area contributed by atoms with Gasteiger partial charge >= 0.3 is 0 Å². The molecule has 0 aliphatic heterocycles. The normalized spacial score (nSPS) is 13.0. The molecule has 2 atom stereocenters. The molecule has 1 aromatic rings. The third-order valence-corrected chi connectivity index (χ3v) is 3.43. The summed E-state index contributed by atoms with van der Waals surface area (Å²) in [5, 5.41) is 2.96. The van der Waals surface area contributed by atoms with Crippen LogP contribution in [0.5, 0.6) is 0 Å². The summed E-state index contributed by atoms with van der Waals surface area (Å²) in [5.74, 6) is 0.480. The Labute approximate surface area is 146 Å². The second kappa shape index (κ2) is 11.7. The van der Waals surface area contributed by atoms with Crippen molar-refractivity contribution < 1.29 is 4.79 Å². The maximum Gasteiger partial charge on any atom is 0.241 e. The van der Waals surface area contributed by atoms with Gasteiger partial charge in [-0.15, -0.1) is 24.8 Å². The first-order valence-corrected chi connectivity index (χ1v) is 7.16. The molecule has 1 rings (SSSR count). The van der Waals surface area contributed by atoms with Crippen LogP contribution in [0.3, 0.4) is 0 Å². The standard InChI is InChI=1S/C16H27N3O.2ClH/c1-12(2)10-14(19(3)4)11-18-16(20)15(17)13-8-6-5-7-9-13;;/h5-9,12,14-15H,10-11,17H2,1-4H3,(H,18,20);2*1H. The van der Waals surface area contributed by atoms with Gasteiger partial charge in [0.15, 0.2) is 0 Å². The number of nitrogens with zero attached hydrogens (tertiary/aromatic N) is 1. The van der Waals surface area contributed by atoms with Crippen LogP contribution in [0.25, 0.3) is 0 Å². The third kappa shape index (κ3) is 7.99. The Bertz CT molecular complexity index is 413. The first-order valence-electron chi connectivity index (χ1n) is 7.16.